The van der Waals surface area contributed by atoms with E-state index in [2.05, 4.69) is 48.6 Å². The fourth-order valence-corrected chi connectivity index (χ4v) is 4.19. The van der Waals surface area contributed by atoms with E-state index in [1.807, 2.05) is 53.2 Å². The van der Waals surface area contributed by atoms with Crippen molar-refractivity contribution in [1.82, 2.24) is 9.78 Å². The molecule has 1 amide bonds. The number of carbonyl (C=O) groups is 1. The highest BCUT2D eigenvalue weighted by Crippen LogP contribution is 2.43. The third-order valence-electron chi connectivity index (χ3n) is 5.76. The number of anilines is 1. The molecule has 0 fully saturated rings. The van der Waals surface area contributed by atoms with Gasteiger partial charge in [-0.05, 0) is 29.7 Å². The van der Waals surface area contributed by atoms with Gasteiger partial charge in [0.15, 0.2) is 0 Å². The molecule has 0 bridgehead atoms. The molecule has 0 spiro atoms. The van der Waals surface area contributed by atoms with Crippen molar-refractivity contribution >= 4 is 11.7 Å². The number of hydrogen-bond acceptors (Lipinski definition) is 2. The smallest absolute Gasteiger partial charge is 0.226 e. The largest absolute Gasteiger partial charge is 0.310 e. The summed E-state index contributed by atoms with van der Waals surface area (Å²) in [4.78, 5) is 12.7. The Balaban J connectivity index is 1.74. The lowest BCUT2D eigenvalue weighted by molar-refractivity contribution is -0.116. The van der Waals surface area contributed by atoms with Crippen LogP contribution in [0.1, 0.15) is 36.0 Å². The van der Waals surface area contributed by atoms with Crippen molar-refractivity contribution in [3.05, 3.63) is 102 Å². The third-order valence-corrected chi connectivity index (χ3v) is 5.76. The Morgan fingerprint density at radius 1 is 0.933 bits per heavy atom. The first-order chi connectivity index (χ1) is 14.7. The first kappa shape index (κ1) is 18.4. The molecule has 0 saturated heterocycles. The van der Waals surface area contributed by atoms with Crippen molar-refractivity contribution in [3.8, 4) is 16.9 Å². The lowest BCUT2D eigenvalue weighted by Crippen LogP contribution is -2.24. The van der Waals surface area contributed by atoms with Crippen molar-refractivity contribution in [3.63, 3.8) is 0 Å². The summed E-state index contributed by atoms with van der Waals surface area (Å²) in [6.07, 6.45) is 1.41. The van der Waals surface area contributed by atoms with Crippen LogP contribution in [0.3, 0.4) is 0 Å². The molecular weight excluding hydrogens is 370 g/mol. The molecule has 0 unspecified atom stereocenters. The number of aromatic nitrogens is 2. The van der Waals surface area contributed by atoms with Crippen LogP contribution in [0, 0.1) is 0 Å². The first-order valence-electron chi connectivity index (χ1n) is 10.4. The van der Waals surface area contributed by atoms with Crippen LogP contribution in [0.5, 0.6) is 0 Å². The predicted octanol–water partition coefficient (Wildman–Crippen LogP) is 5.58. The maximum absolute atomic E-state index is 12.7. The quantitative estimate of drug-likeness (QED) is 0.492. The molecule has 0 radical (unpaired) electrons. The van der Waals surface area contributed by atoms with E-state index < -0.39 is 0 Å². The molecule has 4 nitrogen and oxygen atoms in total. The Morgan fingerprint density at radius 2 is 1.60 bits per heavy atom. The molecule has 30 heavy (non-hydrogen) atoms. The summed E-state index contributed by atoms with van der Waals surface area (Å²) in [6.45, 7) is 2.15. The summed E-state index contributed by atoms with van der Waals surface area (Å²) in [7, 11) is 0. The zero-order valence-electron chi connectivity index (χ0n) is 16.9. The van der Waals surface area contributed by atoms with Gasteiger partial charge in [-0.25, -0.2) is 4.68 Å². The molecule has 1 aliphatic heterocycles. The lowest BCUT2D eigenvalue weighted by atomic mass is 9.84. The minimum atomic E-state index is -0.0349. The molecular formula is C26H23N3O. The molecule has 4 heteroatoms. The summed E-state index contributed by atoms with van der Waals surface area (Å²) in [5.41, 5.74) is 6.41. The number of para-hydroxylation sites is 1. The highest BCUT2D eigenvalue weighted by molar-refractivity contribution is 5.96. The van der Waals surface area contributed by atoms with E-state index in [-0.39, 0.29) is 11.8 Å². The van der Waals surface area contributed by atoms with Crippen LogP contribution in [-0.2, 0) is 11.2 Å². The zero-order valence-corrected chi connectivity index (χ0v) is 16.9. The molecule has 0 aliphatic carbocycles. The van der Waals surface area contributed by atoms with Crippen molar-refractivity contribution in [2.24, 2.45) is 0 Å². The summed E-state index contributed by atoms with van der Waals surface area (Å²) in [6, 6.07) is 28.8. The number of aryl methyl sites for hydroxylation is 1. The number of benzene rings is 3. The topological polar surface area (TPSA) is 46.9 Å². The van der Waals surface area contributed by atoms with Gasteiger partial charge in [-0.3, -0.25) is 4.79 Å². The Bertz CT molecular complexity index is 1180. The van der Waals surface area contributed by atoms with Gasteiger partial charge < -0.3 is 5.32 Å². The van der Waals surface area contributed by atoms with Gasteiger partial charge in [-0.15, -0.1) is 0 Å². The average molecular weight is 393 g/mol. The fraction of sp³-hybridized carbons (Fsp3) is 0.154. The molecule has 1 aromatic heterocycles. The van der Waals surface area contributed by atoms with Gasteiger partial charge in [0.05, 0.1) is 11.4 Å². The maximum atomic E-state index is 12.7. The van der Waals surface area contributed by atoms with E-state index in [0.29, 0.717) is 6.42 Å². The molecule has 3 aromatic carbocycles. The average Bonchev–Trinajstić information content (AvgIpc) is 3.19. The fourth-order valence-electron chi connectivity index (χ4n) is 4.19. The highest BCUT2D eigenvalue weighted by atomic mass is 16.1. The standard InChI is InChI=1S/C26H23N3O/c1-2-18-13-15-19(16-14-18)22-17-23(30)27-26-24(22)25(20-9-5-3-6-10-20)28-29(26)21-11-7-4-8-12-21/h3-16,22H,2,17H2,1H3,(H,27,30)/t22-/m1/s1. The number of amides is 1. The summed E-state index contributed by atoms with van der Waals surface area (Å²) in [5, 5.41) is 8.08. The minimum Gasteiger partial charge on any atom is -0.310 e. The van der Waals surface area contributed by atoms with E-state index in [4.69, 9.17) is 5.10 Å². The van der Waals surface area contributed by atoms with E-state index in [0.717, 1.165) is 40.3 Å². The van der Waals surface area contributed by atoms with Crippen LogP contribution in [0.4, 0.5) is 5.82 Å². The molecule has 2 heterocycles. The summed E-state index contributed by atoms with van der Waals surface area (Å²) in [5.74, 6) is 0.747. The molecule has 5 rings (SSSR count). The molecule has 1 atom stereocenters. The Hall–Kier alpha value is -3.66. The van der Waals surface area contributed by atoms with E-state index in [1.165, 1.54) is 5.56 Å². The van der Waals surface area contributed by atoms with Gasteiger partial charge in [0.2, 0.25) is 5.91 Å². The van der Waals surface area contributed by atoms with Gasteiger partial charge >= 0.3 is 0 Å². The first-order valence-corrected chi connectivity index (χ1v) is 10.4. The van der Waals surface area contributed by atoms with Crippen molar-refractivity contribution < 1.29 is 4.79 Å². The Kier molecular flexibility index (Phi) is 4.68. The zero-order chi connectivity index (χ0) is 20.5. The van der Waals surface area contributed by atoms with Gasteiger partial charge in [-0.1, -0.05) is 79.7 Å². The molecule has 0 saturated carbocycles. The van der Waals surface area contributed by atoms with Gasteiger partial charge in [0, 0.05) is 23.5 Å². The third kappa shape index (κ3) is 3.20. The number of nitrogens with zero attached hydrogens (tertiary/aromatic N) is 2. The second-order valence-corrected chi connectivity index (χ2v) is 7.62. The second-order valence-electron chi connectivity index (χ2n) is 7.62. The Labute approximate surface area is 176 Å². The van der Waals surface area contributed by atoms with E-state index >= 15 is 0 Å². The normalized spacial score (nSPS) is 15.5. The van der Waals surface area contributed by atoms with Crippen LogP contribution >= 0.6 is 0 Å². The summed E-state index contributed by atoms with van der Waals surface area (Å²) < 4.78 is 1.86. The van der Waals surface area contributed by atoms with Gasteiger partial charge in [0.1, 0.15) is 5.82 Å². The van der Waals surface area contributed by atoms with Crippen LogP contribution in [0.15, 0.2) is 84.9 Å². The molecule has 1 N–H and O–H groups in total. The van der Waals surface area contributed by atoms with Crippen LogP contribution in [-0.4, -0.2) is 15.7 Å². The van der Waals surface area contributed by atoms with Crippen molar-refractivity contribution in [1.29, 1.82) is 0 Å². The van der Waals surface area contributed by atoms with Crippen molar-refractivity contribution in [2.75, 3.05) is 5.32 Å². The number of nitrogens with one attached hydrogen (secondary N) is 1. The number of hydrogen-bond donors (Lipinski definition) is 1. The van der Waals surface area contributed by atoms with E-state index in [9.17, 15) is 4.79 Å². The second kappa shape index (κ2) is 7.64. The summed E-state index contributed by atoms with van der Waals surface area (Å²) >= 11 is 0. The van der Waals surface area contributed by atoms with Crippen molar-refractivity contribution in [2.45, 2.75) is 25.7 Å². The van der Waals surface area contributed by atoms with Crippen LogP contribution < -0.4 is 5.32 Å². The number of carbonyl (C=O) groups excluding carboxylic acids is 1. The highest BCUT2D eigenvalue weighted by Gasteiger charge is 2.34. The SMILES string of the molecule is CCc1ccc([C@H]2CC(=O)Nc3c2c(-c2ccccc2)nn3-c2ccccc2)cc1. The molecule has 4 aromatic rings. The lowest BCUT2D eigenvalue weighted by Gasteiger charge is -2.25. The number of rotatable bonds is 4. The molecule has 148 valence electrons. The Morgan fingerprint density at radius 3 is 2.27 bits per heavy atom. The van der Waals surface area contributed by atoms with Crippen LogP contribution in [0.2, 0.25) is 0 Å². The molecule has 1 aliphatic rings. The predicted molar refractivity (Wildman–Crippen MR) is 120 cm³/mol. The van der Waals surface area contributed by atoms with Gasteiger partial charge in [0.25, 0.3) is 0 Å². The van der Waals surface area contributed by atoms with Gasteiger partial charge in [-0.2, -0.15) is 5.10 Å². The maximum Gasteiger partial charge on any atom is 0.226 e. The monoisotopic (exact) mass is 393 g/mol. The number of fused-ring (bicyclic) bond motifs is 1. The van der Waals surface area contributed by atoms with Crippen LogP contribution in [0.25, 0.3) is 16.9 Å². The minimum absolute atomic E-state index is 0.0174. The van der Waals surface area contributed by atoms with E-state index in [1.54, 1.807) is 0 Å².